The first-order chi connectivity index (χ1) is 14.4. The summed E-state index contributed by atoms with van der Waals surface area (Å²) in [7, 11) is 0. The second-order valence-corrected chi connectivity index (χ2v) is 7.34. The van der Waals surface area contributed by atoms with Crippen molar-refractivity contribution in [2.45, 2.75) is 50.0 Å². The lowest BCUT2D eigenvalue weighted by Gasteiger charge is -2.26. The Morgan fingerprint density at radius 2 is 1.55 bits per heavy atom. The lowest BCUT2D eigenvalue weighted by atomic mass is 10.1. The molecule has 0 aromatic carbocycles. The second-order valence-electron chi connectivity index (χ2n) is 6.61. The number of aliphatic carboxylic acids is 1. The van der Waals surface area contributed by atoms with Gasteiger partial charge < -0.3 is 43.4 Å². The Balaban J connectivity index is 5.11. The molecule has 0 aliphatic rings. The van der Waals surface area contributed by atoms with Crippen LogP contribution in [0.1, 0.15) is 19.8 Å². The number of carboxylic acid groups (broad SMARTS) is 1. The highest BCUT2D eigenvalue weighted by atomic mass is 32.1. The molecule has 0 fully saturated rings. The summed E-state index contributed by atoms with van der Waals surface area (Å²) < 4.78 is 0. The molecule has 0 heterocycles. The molecular weight excluding hydrogens is 450 g/mol. The average molecular weight is 482 g/mol. The van der Waals surface area contributed by atoms with Gasteiger partial charge in [-0.2, -0.15) is 25.3 Å². The van der Waals surface area contributed by atoms with E-state index >= 15 is 0 Å². The van der Waals surface area contributed by atoms with Gasteiger partial charge in [0.15, 0.2) is 5.96 Å². The molecule has 0 aromatic heterocycles. The monoisotopic (exact) mass is 481 g/mol. The lowest BCUT2D eigenvalue weighted by molar-refractivity contribution is -0.143. The maximum atomic E-state index is 12.5. The third-order valence-electron chi connectivity index (χ3n) is 3.97. The van der Waals surface area contributed by atoms with E-state index in [1.807, 2.05) is 0 Å². The number of aliphatic hydroxyl groups excluding tert-OH is 1. The van der Waals surface area contributed by atoms with Crippen LogP contribution in [0.25, 0.3) is 0 Å². The second kappa shape index (κ2) is 14.7. The smallest absolute Gasteiger partial charge is 0.326 e. The fourth-order valence-corrected chi connectivity index (χ4v) is 2.66. The number of hydrogen-bond donors (Lipinski definition) is 10. The number of thiol groups is 2. The summed E-state index contributed by atoms with van der Waals surface area (Å²) in [6.07, 6.45) is -1.09. The van der Waals surface area contributed by atoms with E-state index in [1.54, 1.807) is 0 Å². The van der Waals surface area contributed by atoms with E-state index in [9.17, 15) is 29.4 Å². The van der Waals surface area contributed by atoms with Crippen LogP contribution in [0.5, 0.6) is 0 Å². The predicted molar refractivity (Wildman–Crippen MR) is 121 cm³/mol. The SMILES string of the molecule is CC(O)C(NC(=O)C(CS)NC(=O)C(N)CS)C(=O)NC(CCCN=C(N)N)C(=O)O. The first kappa shape index (κ1) is 28.8. The van der Waals surface area contributed by atoms with Gasteiger partial charge in [-0.1, -0.05) is 0 Å². The van der Waals surface area contributed by atoms with Gasteiger partial charge in [0.2, 0.25) is 17.7 Å². The zero-order chi connectivity index (χ0) is 24.1. The summed E-state index contributed by atoms with van der Waals surface area (Å²) in [6, 6.07) is -4.88. The van der Waals surface area contributed by atoms with Gasteiger partial charge in [-0.25, -0.2) is 4.79 Å². The van der Waals surface area contributed by atoms with Crippen LogP contribution in [0.4, 0.5) is 0 Å². The van der Waals surface area contributed by atoms with Gasteiger partial charge in [0.1, 0.15) is 18.1 Å². The fraction of sp³-hybridized carbons (Fsp3) is 0.688. The third kappa shape index (κ3) is 11.1. The molecule has 0 aliphatic carbocycles. The molecular formula is C16H31N7O6S2. The summed E-state index contributed by atoms with van der Waals surface area (Å²) in [5.74, 6) is -3.90. The number of nitrogens with zero attached hydrogens (tertiary/aromatic N) is 1. The van der Waals surface area contributed by atoms with E-state index in [1.165, 1.54) is 6.92 Å². The molecule has 0 aliphatic heterocycles. The minimum Gasteiger partial charge on any atom is -0.480 e. The molecule has 0 spiro atoms. The van der Waals surface area contributed by atoms with E-state index in [4.69, 9.17) is 17.2 Å². The van der Waals surface area contributed by atoms with Crippen LogP contribution in [0, 0.1) is 0 Å². The van der Waals surface area contributed by atoms with Crippen LogP contribution in [-0.4, -0.2) is 88.2 Å². The number of aliphatic imine (C=N–C) groups is 1. The number of guanidine groups is 1. The number of carbonyl (C=O) groups excluding carboxylic acids is 3. The van der Waals surface area contributed by atoms with Crippen LogP contribution in [0.15, 0.2) is 4.99 Å². The van der Waals surface area contributed by atoms with Crippen molar-refractivity contribution in [1.82, 2.24) is 16.0 Å². The van der Waals surface area contributed by atoms with Crippen LogP contribution in [0.2, 0.25) is 0 Å². The van der Waals surface area contributed by atoms with E-state index in [-0.39, 0.29) is 36.9 Å². The summed E-state index contributed by atoms with van der Waals surface area (Å²) in [6.45, 7) is 1.40. The summed E-state index contributed by atoms with van der Waals surface area (Å²) >= 11 is 7.89. The third-order valence-corrected chi connectivity index (χ3v) is 4.73. The molecule has 0 aromatic rings. The Morgan fingerprint density at radius 3 is 2.00 bits per heavy atom. The first-order valence-electron chi connectivity index (χ1n) is 9.29. The van der Waals surface area contributed by atoms with E-state index < -0.39 is 54.0 Å². The van der Waals surface area contributed by atoms with Crippen molar-refractivity contribution in [2.24, 2.45) is 22.2 Å². The fourth-order valence-electron chi connectivity index (χ4n) is 2.24. The van der Waals surface area contributed by atoms with Gasteiger partial charge in [-0.05, 0) is 19.8 Å². The molecule has 0 bridgehead atoms. The van der Waals surface area contributed by atoms with Crippen LogP contribution in [-0.2, 0) is 19.2 Å². The molecule has 31 heavy (non-hydrogen) atoms. The number of amides is 3. The molecule has 13 nitrogen and oxygen atoms in total. The Bertz CT molecular complexity index is 660. The van der Waals surface area contributed by atoms with E-state index in [0.717, 1.165) is 0 Å². The van der Waals surface area contributed by atoms with Crippen molar-refractivity contribution in [3.8, 4) is 0 Å². The predicted octanol–water partition coefficient (Wildman–Crippen LogP) is -3.85. The number of rotatable bonds is 14. The van der Waals surface area contributed by atoms with Crippen molar-refractivity contribution < 1.29 is 29.4 Å². The zero-order valence-corrected chi connectivity index (χ0v) is 18.8. The molecule has 5 unspecified atom stereocenters. The summed E-state index contributed by atoms with van der Waals surface area (Å²) in [4.78, 5) is 52.0. The number of nitrogens with two attached hydrogens (primary N) is 3. The van der Waals surface area contributed by atoms with Gasteiger partial charge in [0.25, 0.3) is 0 Å². The first-order valence-corrected chi connectivity index (χ1v) is 10.6. The molecule has 15 heteroatoms. The maximum Gasteiger partial charge on any atom is 0.326 e. The number of carboxylic acids is 1. The molecule has 0 saturated carbocycles. The van der Waals surface area contributed by atoms with Gasteiger partial charge in [-0.3, -0.25) is 19.4 Å². The molecule has 5 atom stereocenters. The molecule has 3 amide bonds. The Morgan fingerprint density at radius 1 is 0.968 bits per heavy atom. The number of carbonyl (C=O) groups is 4. The Hall–Kier alpha value is -2.23. The van der Waals surface area contributed by atoms with Crippen molar-refractivity contribution in [2.75, 3.05) is 18.1 Å². The Kier molecular flexibility index (Phi) is 13.7. The number of hydrogen-bond acceptors (Lipinski definition) is 9. The highest BCUT2D eigenvalue weighted by Gasteiger charge is 2.32. The molecule has 0 saturated heterocycles. The maximum absolute atomic E-state index is 12.5. The normalized spacial score (nSPS) is 15.5. The summed E-state index contributed by atoms with van der Waals surface area (Å²) in [5.41, 5.74) is 15.9. The topological polar surface area (TPSA) is 235 Å². The highest BCUT2D eigenvalue weighted by molar-refractivity contribution is 7.80. The Labute approximate surface area is 190 Å². The number of nitrogens with one attached hydrogen (secondary N) is 3. The molecule has 11 N–H and O–H groups in total. The molecule has 178 valence electrons. The van der Waals surface area contributed by atoms with Crippen molar-refractivity contribution in [3.05, 3.63) is 0 Å². The molecule has 0 rings (SSSR count). The standard InChI is InChI=1S/C16H31N7O6S2/c1-7(24)11(23-13(26)10(6-31)22-12(25)8(17)5-30)14(27)21-9(15(28)29)3-2-4-20-16(18)19/h7-11,24,30-31H,2-6,17H2,1H3,(H,21,27)(H,22,25)(H,23,26)(H,28,29)(H4,18,19,20). The zero-order valence-electron chi connectivity index (χ0n) is 17.0. The quantitative estimate of drug-likeness (QED) is 0.0505. The highest BCUT2D eigenvalue weighted by Crippen LogP contribution is 2.03. The summed E-state index contributed by atoms with van der Waals surface area (Å²) in [5, 5.41) is 26.1. The van der Waals surface area contributed by atoms with Gasteiger partial charge in [0, 0.05) is 18.1 Å². The van der Waals surface area contributed by atoms with Crippen molar-refractivity contribution >= 4 is 54.9 Å². The van der Waals surface area contributed by atoms with Crippen molar-refractivity contribution in [1.29, 1.82) is 0 Å². The van der Waals surface area contributed by atoms with Crippen LogP contribution in [0.3, 0.4) is 0 Å². The van der Waals surface area contributed by atoms with Crippen LogP contribution < -0.4 is 33.2 Å². The van der Waals surface area contributed by atoms with Gasteiger partial charge in [0.05, 0.1) is 12.1 Å². The van der Waals surface area contributed by atoms with E-state index in [0.29, 0.717) is 0 Å². The lowest BCUT2D eigenvalue weighted by Crippen LogP contribution is -2.60. The van der Waals surface area contributed by atoms with Crippen LogP contribution >= 0.6 is 25.3 Å². The largest absolute Gasteiger partial charge is 0.480 e. The van der Waals surface area contributed by atoms with E-state index in [2.05, 4.69) is 46.2 Å². The molecule has 0 radical (unpaired) electrons. The minimum atomic E-state index is -1.48. The number of aliphatic hydroxyl groups is 1. The van der Waals surface area contributed by atoms with Gasteiger partial charge >= 0.3 is 5.97 Å². The minimum absolute atomic E-state index is 0.00919. The average Bonchev–Trinajstić information content (AvgIpc) is 2.70. The van der Waals surface area contributed by atoms with Crippen molar-refractivity contribution in [3.63, 3.8) is 0 Å². The van der Waals surface area contributed by atoms with Gasteiger partial charge in [-0.15, -0.1) is 0 Å².